The summed E-state index contributed by atoms with van der Waals surface area (Å²) in [5, 5.41) is 3.55. The third-order valence-electron chi connectivity index (χ3n) is 8.21. The first-order valence-electron chi connectivity index (χ1n) is 14.6. The van der Waals surface area contributed by atoms with Crippen LogP contribution < -0.4 is 0 Å². The van der Waals surface area contributed by atoms with Crippen molar-refractivity contribution in [1.82, 2.24) is 19.5 Å². The van der Waals surface area contributed by atoms with E-state index in [0.29, 0.717) is 5.82 Å². The first kappa shape index (κ1) is 24.9. The normalized spacial score (nSPS) is 11.6. The van der Waals surface area contributed by atoms with Gasteiger partial charge in [-0.05, 0) is 42.5 Å². The monoisotopic (exact) mass is 580 g/mol. The fourth-order valence-corrected chi connectivity index (χ4v) is 7.37. The summed E-state index contributed by atoms with van der Waals surface area (Å²) < 4.78 is 4.68. The van der Waals surface area contributed by atoms with Crippen molar-refractivity contribution in [2.45, 2.75) is 0 Å². The molecule has 44 heavy (non-hydrogen) atoms. The minimum absolute atomic E-state index is 0.700. The van der Waals surface area contributed by atoms with Crippen LogP contribution in [0.1, 0.15) is 0 Å². The van der Waals surface area contributed by atoms with Crippen molar-refractivity contribution in [3.05, 3.63) is 146 Å². The summed E-state index contributed by atoms with van der Waals surface area (Å²) in [5.41, 5.74) is 8.04. The van der Waals surface area contributed by atoms with Gasteiger partial charge < -0.3 is 0 Å². The Balaban J connectivity index is 1.30. The lowest BCUT2D eigenvalue weighted by Crippen LogP contribution is -1.98. The van der Waals surface area contributed by atoms with E-state index in [1.54, 1.807) is 11.3 Å². The Morgan fingerprint density at radius 1 is 0.500 bits per heavy atom. The fraction of sp³-hybridized carbons (Fsp3) is 0. The van der Waals surface area contributed by atoms with Gasteiger partial charge in [-0.15, -0.1) is 11.3 Å². The van der Waals surface area contributed by atoms with Gasteiger partial charge in [0.15, 0.2) is 5.82 Å². The highest BCUT2D eigenvalue weighted by atomic mass is 32.1. The molecule has 206 valence electrons. The van der Waals surface area contributed by atoms with Crippen LogP contribution in [0.5, 0.6) is 0 Å². The summed E-state index contributed by atoms with van der Waals surface area (Å²) in [4.78, 5) is 15.6. The van der Waals surface area contributed by atoms with Crippen molar-refractivity contribution in [3.8, 4) is 39.7 Å². The topological polar surface area (TPSA) is 43.6 Å². The lowest BCUT2D eigenvalue weighted by molar-refractivity contribution is 1.10. The van der Waals surface area contributed by atoms with E-state index >= 15 is 0 Å². The van der Waals surface area contributed by atoms with Crippen LogP contribution in [0.25, 0.3) is 81.8 Å². The summed E-state index contributed by atoms with van der Waals surface area (Å²) in [6.07, 6.45) is 0. The standard InChI is InChI=1S/C39H24N4S/c1-3-12-25(13-4-1)35-31-23-22-30-29-18-7-10-21-34(29)44-37(30)36(31)42-38(41-35)26-14-11-15-27(24-26)39-40-32-19-8-9-20-33(32)43(39)28-16-5-2-6-17-28/h1-24H. The molecule has 3 aromatic heterocycles. The molecule has 0 aliphatic rings. The molecule has 9 rings (SSSR count). The van der Waals surface area contributed by atoms with Crippen LogP contribution in [-0.4, -0.2) is 19.5 Å². The maximum Gasteiger partial charge on any atom is 0.160 e. The molecule has 0 saturated heterocycles. The molecular formula is C39H24N4S. The molecule has 0 aliphatic heterocycles. The van der Waals surface area contributed by atoms with Crippen LogP contribution in [0.3, 0.4) is 0 Å². The van der Waals surface area contributed by atoms with Crippen LogP contribution in [0.2, 0.25) is 0 Å². The van der Waals surface area contributed by atoms with E-state index in [9.17, 15) is 0 Å². The number of nitrogens with zero attached hydrogens (tertiary/aromatic N) is 4. The summed E-state index contributed by atoms with van der Waals surface area (Å²) in [6.45, 7) is 0. The summed E-state index contributed by atoms with van der Waals surface area (Å²) in [7, 11) is 0. The number of benzene rings is 6. The van der Waals surface area contributed by atoms with Gasteiger partial charge in [0.2, 0.25) is 0 Å². The number of hydrogen-bond donors (Lipinski definition) is 0. The van der Waals surface area contributed by atoms with E-state index < -0.39 is 0 Å². The van der Waals surface area contributed by atoms with E-state index in [2.05, 4.69) is 132 Å². The summed E-state index contributed by atoms with van der Waals surface area (Å²) in [5.74, 6) is 1.58. The Morgan fingerprint density at radius 3 is 2.09 bits per heavy atom. The van der Waals surface area contributed by atoms with Crippen LogP contribution in [0, 0.1) is 0 Å². The molecule has 6 aromatic carbocycles. The predicted octanol–water partition coefficient (Wildman–Crippen LogP) is 10.3. The molecule has 4 nitrogen and oxygen atoms in total. The van der Waals surface area contributed by atoms with Gasteiger partial charge in [-0.1, -0.05) is 103 Å². The number of rotatable bonds is 4. The Kier molecular flexibility index (Phi) is 5.64. The molecule has 5 heteroatoms. The van der Waals surface area contributed by atoms with Gasteiger partial charge in [0, 0.05) is 43.2 Å². The summed E-state index contributed by atoms with van der Waals surface area (Å²) >= 11 is 1.80. The van der Waals surface area contributed by atoms with E-state index in [4.69, 9.17) is 15.0 Å². The minimum Gasteiger partial charge on any atom is -0.292 e. The van der Waals surface area contributed by atoms with Gasteiger partial charge in [-0.3, -0.25) is 4.57 Å². The third kappa shape index (κ3) is 3.94. The van der Waals surface area contributed by atoms with Crippen molar-refractivity contribution < 1.29 is 0 Å². The molecule has 9 aromatic rings. The van der Waals surface area contributed by atoms with Crippen LogP contribution in [0.4, 0.5) is 0 Å². The first-order valence-corrected chi connectivity index (χ1v) is 15.4. The molecule has 0 saturated carbocycles. The van der Waals surface area contributed by atoms with E-state index in [1.807, 2.05) is 18.2 Å². The van der Waals surface area contributed by atoms with Crippen molar-refractivity contribution in [3.63, 3.8) is 0 Å². The minimum atomic E-state index is 0.700. The molecule has 0 fully saturated rings. The van der Waals surface area contributed by atoms with E-state index in [1.165, 1.54) is 20.2 Å². The highest BCUT2D eigenvalue weighted by molar-refractivity contribution is 7.26. The molecule has 0 bridgehead atoms. The molecule has 0 aliphatic carbocycles. The predicted molar refractivity (Wildman–Crippen MR) is 183 cm³/mol. The molecule has 0 N–H and O–H groups in total. The molecule has 0 unspecified atom stereocenters. The van der Waals surface area contributed by atoms with Crippen molar-refractivity contribution in [2.75, 3.05) is 0 Å². The Hall–Kier alpha value is -5.65. The Morgan fingerprint density at radius 2 is 1.20 bits per heavy atom. The molecule has 0 radical (unpaired) electrons. The second-order valence-electron chi connectivity index (χ2n) is 10.9. The van der Waals surface area contributed by atoms with Crippen LogP contribution in [-0.2, 0) is 0 Å². The number of aromatic nitrogens is 4. The van der Waals surface area contributed by atoms with Crippen molar-refractivity contribution >= 4 is 53.4 Å². The molecular weight excluding hydrogens is 557 g/mol. The number of para-hydroxylation sites is 3. The maximum atomic E-state index is 5.29. The zero-order valence-corrected chi connectivity index (χ0v) is 24.4. The molecule has 0 spiro atoms. The largest absolute Gasteiger partial charge is 0.292 e. The second-order valence-corrected chi connectivity index (χ2v) is 11.9. The van der Waals surface area contributed by atoms with Gasteiger partial charge >= 0.3 is 0 Å². The highest BCUT2D eigenvalue weighted by Gasteiger charge is 2.18. The zero-order valence-electron chi connectivity index (χ0n) is 23.6. The molecule has 0 amide bonds. The number of thiophene rings is 1. The first-order chi connectivity index (χ1) is 21.8. The molecule has 3 heterocycles. The maximum absolute atomic E-state index is 5.29. The van der Waals surface area contributed by atoms with Gasteiger partial charge in [0.05, 0.1) is 26.9 Å². The lowest BCUT2D eigenvalue weighted by atomic mass is 10.0. The van der Waals surface area contributed by atoms with Gasteiger partial charge in [-0.2, -0.15) is 0 Å². The SMILES string of the molecule is c1ccc(-c2nc(-c3cccc(-c4nc5ccccc5n4-c4ccccc4)c3)nc3c2ccc2c4ccccc4sc23)cc1. The smallest absolute Gasteiger partial charge is 0.160 e. The lowest BCUT2D eigenvalue weighted by Gasteiger charge is -2.12. The highest BCUT2D eigenvalue weighted by Crippen LogP contribution is 2.41. The van der Waals surface area contributed by atoms with Gasteiger partial charge in [0.25, 0.3) is 0 Å². The second kappa shape index (κ2) is 9.97. The number of imidazole rings is 1. The van der Waals surface area contributed by atoms with E-state index in [0.717, 1.165) is 55.8 Å². The average Bonchev–Trinajstić information content (AvgIpc) is 3.68. The fourth-order valence-electron chi connectivity index (χ4n) is 6.17. The van der Waals surface area contributed by atoms with Gasteiger partial charge in [0.1, 0.15) is 5.82 Å². The molecule has 0 atom stereocenters. The van der Waals surface area contributed by atoms with Crippen molar-refractivity contribution in [1.29, 1.82) is 0 Å². The third-order valence-corrected chi connectivity index (χ3v) is 9.41. The van der Waals surface area contributed by atoms with Gasteiger partial charge in [-0.25, -0.2) is 15.0 Å². The Bertz CT molecular complexity index is 2490. The van der Waals surface area contributed by atoms with Crippen molar-refractivity contribution in [2.24, 2.45) is 0 Å². The zero-order chi connectivity index (χ0) is 29.0. The van der Waals surface area contributed by atoms with E-state index in [-0.39, 0.29) is 0 Å². The van der Waals surface area contributed by atoms with Crippen LogP contribution in [0.15, 0.2) is 146 Å². The number of hydrogen-bond acceptors (Lipinski definition) is 4. The van der Waals surface area contributed by atoms with Crippen LogP contribution >= 0.6 is 11.3 Å². The number of fused-ring (bicyclic) bond motifs is 6. The average molecular weight is 581 g/mol. The summed E-state index contributed by atoms with van der Waals surface area (Å²) in [6, 6.07) is 50.6. The Labute approximate surface area is 257 Å². The quantitative estimate of drug-likeness (QED) is 0.208.